The maximum Gasteiger partial charge on any atom is 0.408 e. The van der Waals surface area contributed by atoms with Crippen LogP contribution in [0.3, 0.4) is 0 Å². The number of carbonyl (C=O) groups is 1. The van der Waals surface area contributed by atoms with Gasteiger partial charge < -0.3 is 25.4 Å². The fourth-order valence-corrected chi connectivity index (χ4v) is 1.83. The van der Waals surface area contributed by atoms with Crippen molar-refractivity contribution in [1.29, 1.82) is 0 Å². The van der Waals surface area contributed by atoms with Crippen LogP contribution in [0.1, 0.15) is 54.4 Å². The third-order valence-electron chi connectivity index (χ3n) is 2.97. The molecule has 0 saturated heterocycles. The zero-order chi connectivity index (χ0) is 18.6. The molecule has 7 nitrogen and oxygen atoms in total. The highest BCUT2D eigenvalue weighted by Gasteiger charge is 2.24. The van der Waals surface area contributed by atoms with Crippen molar-refractivity contribution in [1.82, 2.24) is 16.0 Å². The van der Waals surface area contributed by atoms with Crippen LogP contribution in [0.5, 0.6) is 0 Å². The maximum atomic E-state index is 11.9. The van der Waals surface area contributed by atoms with Crippen LogP contribution < -0.4 is 16.0 Å². The van der Waals surface area contributed by atoms with Crippen LogP contribution in [0.2, 0.25) is 0 Å². The Balaban J connectivity index is 0. The Morgan fingerprint density at radius 3 is 2.24 bits per heavy atom. The molecule has 0 heterocycles. The van der Waals surface area contributed by atoms with E-state index in [2.05, 4.69) is 20.9 Å². The van der Waals surface area contributed by atoms with Gasteiger partial charge in [-0.15, -0.1) is 24.0 Å². The number of hydrogen-bond donors (Lipinski definition) is 3. The summed E-state index contributed by atoms with van der Waals surface area (Å²) in [6.45, 7) is 14.3. The van der Waals surface area contributed by atoms with Gasteiger partial charge in [0.05, 0.1) is 5.54 Å². The van der Waals surface area contributed by atoms with Gasteiger partial charge in [-0.25, -0.2) is 4.79 Å². The summed E-state index contributed by atoms with van der Waals surface area (Å²) in [5.74, 6) is 0.713. The molecule has 1 amide bonds. The van der Waals surface area contributed by atoms with Gasteiger partial charge >= 0.3 is 6.09 Å². The van der Waals surface area contributed by atoms with Crippen molar-refractivity contribution in [3.63, 3.8) is 0 Å². The van der Waals surface area contributed by atoms with E-state index in [0.717, 1.165) is 32.6 Å². The van der Waals surface area contributed by atoms with Crippen LogP contribution in [-0.4, -0.2) is 56.5 Å². The Morgan fingerprint density at radius 2 is 1.72 bits per heavy atom. The first-order chi connectivity index (χ1) is 11.1. The summed E-state index contributed by atoms with van der Waals surface area (Å²) in [6.07, 6.45) is 1.61. The Hall–Kier alpha value is -0.770. The van der Waals surface area contributed by atoms with E-state index in [1.807, 2.05) is 41.5 Å². The Morgan fingerprint density at radius 1 is 1.08 bits per heavy atom. The van der Waals surface area contributed by atoms with Crippen molar-refractivity contribution in [2.24, 2.45) is 4.99 Å². The van der Waals surface area contributed by atoms with Gasteiger partial charge in [0.2, 0.25) is 0 Å². The lowest BCUT2D eigenvalue weighted by molar-refractivity contribution is 0.0474. The molecular weight excluding hydrogens is 435 g/mol. The van der Waals surface area contributed by atoms with Gasteiger partial charge in [0.1, 0.15) is 5.60 Å². The summed E-state index contributed by atoms with van der Waals surface area (Å²) in [7, 11) is 1.73. The molecule has 0 saturated carbocycles. The minimum Gasteiger partial charge on any atom is -0.444 e. The molecule has 0 aromatic heterocycles. The maximum absolute atomic E-state index is 11.9. The summed E-state index contributed by atoms with van der Waals surface area (Å²) in [4.78, 5) is 16.0. The van der Waals surface area contributed by atoms with Crippen molar-refractivity contribution in [3.8, 4) is 0 Å². The third kappa shape index (κ3) is 16.4. The highest BCUT2D eigenvalue weighted by Crippen LogP contribution is 2.09. The normalized spacial score (nSPS) is 12.2. The number of unbranched alkanes of at least 4 members (excludes halogenated alkanes) is 1. The fourth-order valence-electron chi connectivity index (χ4n) is 1.83. The monoisotopic (exact) mass is 472 g/mol. The van der Waals surface area contributed by atoms with E-state index in [9.17, 15) is 4.79 Å². The largest absolute Gasteiger partial charge is 0.444 e. The van der Waals surface area contributed by atoms with Gasteiger partial charge in [-0.1, -0.05) is 0 Å². The van der Waals surface area contributed by atoms with Crippen molar-refractivity contribution in [2.45, 2.75) is 65.5 Å². The van der Waals surface area contributed by atoms with Crippen LogP contribution in [0, 0.1) is 0 Å². The van der Waals surface area contributed by atoms with Crippen LogP contribution in [-0.2, 0) is 9.47 Å². The number of guanidine groups is 1. The fraction of sp³-hybridized carbons (Fsp3) is 0.882. The lowest BCUT2D eigenvalue weighted by Crippen LogP contribution is -2.54. The molecule has 0 unspecified atom stereocenters. The predicted octanol–water partition coefficient (Wildman–Crippen LogP) is 2.89. The number of nitrogens with one attached hydrogen (secondary N) is 3. The van der Waals surface area contributed by atoms with E-state index in [-0.39, 0.29) is 24.0 Å². The quantitative estimate of drug-likeness (QED) is 0.208. The lowest BCUT2D eigenvalue weighted by Gasteiger charge is -2.29. The molecule has 0 aliphatic carbocycles. The minimum absolute atomic E-state index is 0. The number of rotatable bonds is 9. The number of nitrogens with zero attached hydrogens (tertiary/aromatic N) is 1. The van der Waals surface area contributed by atoms with Gasteiger partial charge in [0.25, 0.3) is 0 Å². The van der Waals surface area contributed by atoms with E-state index in [1.165, 1.54) is 0 Å². The number of alkyl carbamates (subject to hydrolysis) is 1. The van der Waals surface area contributed by atoms with E-state index >= 15 is 0 Å². The average molecular weight is 472 g/mol. The van der Waals surface area contributed by atoms with Gasteiger partial charge in [0.15, 0.2) is 5.96 Å². The molecule has 8 heteroatoms. The number of carbonyl (C=O) groups excluding carboxylic acids is 1. The molecule has 0 bridgehead atoms. The van der Waals surface area contributed by atoms with Gasteiger partial charge in [0, 0.05) is 33.4 Å². The topological polar surface area (TPSA) is 84.0 Å². The van der Waals surface area contributed by atoms with E-state index in [0.29, 0.717) is 12.5 Å². The smallest absolute Gasteiger partial charge is 0.408 e. The summed E-state index contributed by atoms with van der Waals surface area (Å²) in [6, 6.07) is 0. The molecular formula is C17H37IN4O3. The van der Waals surface area contributed by atoms with E-state index in [1.54, 1.807) is 7.05 Å². The number of hydrogen-bond acceptors (Lipinski definition) is 4. The number of ether oxygens (including phenoxy) is 2. The zero-order valence-electron chi connectivity index (χ0n) is 16.8. The molecule has 0 radical (unpaired) electrons. The third-order valence-corrected chi connectivity index (χ3v) is 2.97. The van der Waals surface area contributed by atoms with Crippen molar-refractivity contribution < 1.29 is 14.3 Å². The van der Waals surface area contributed by atoms with E-state index < -0.39 is 17.2 Å². The number of amides is 1. The second-order valence-electron chi connectivity index (χ2n) is 7.27. The molecule has 25 heavy (non-hydrogen) atoms. The lowest BCUT2D eigenvalue weighted by atomic mass is 10.1. The van der Waals surface area contributed by atoms with Gasteiger partial charge in [-0.3, -0.25) is 4.99 Å². The summed E-state index contributed by atoms with van der Waals surface area (Å²) in [5, 5.41) is 9.33. The molecule has 0 aromatic carbocycles. The molecule has 3 N–H and O–H groups in total. The molecule has 0 aliphatic heterocycles. The average Bonchev–Trinajstić information content (AvgIpc) is 2.43. The molecule has 0 aliphatic rings. The van der Waals surface area contributed by atoms with Crippen LogP contribution >= 0.6 is 24.0 Å². The molecule has 0 rings (SSSR count). The zero-order valence-corrected chi connectivity index (χ0v) is 19.2. The van der Waals surface area contributed by atoms with E-state index in [4.69, 9.17) is 9.47 Å². The van der Waals surface area contributed by atoms with Crippen LogP contribution in [0.4, 0.5) is 4.79 Å². The SMILES string of the molecule is CCOCCCCNC(=NC)NCC(C)(C)NC(=O)OC(C)(C)C.I. The minimum atomic E-state index is -0.507. The summed E-state index contributed by atoms with van der Waals surface area (Å²) < 4.78 is 10.6. The molecule has 0 aromatic rings. The van der Waals surface area contributed by atoms with Crippen molar-refractivity contribution >= 4 is 36.0 Å². The summed E-state index contributed by atoms with van der Waals surface area (Å²) in [5.41, 5.74) is -0.971. The second-order valence-corrected chi connectivity index (χ2v) is 7.27. The molecule has 0 spiro atoms. The Bertz CT molecular complexity index is 396. The first-order valence-electron chi connectivity index (χ1n) is 8.63. The number of halogens is 1. The first kappa shape index (κ1) is 26.5. The van der Waals surface area contributed by atoms with Crippen LogP contribution in [0.25, 0.3) is 0 Å². The molecule has 150 valence electrons. The van der Waals surface area contributed by atoms with Crippen molar-refractivity contribution in [3.05, 3.63) is 0 Å². The first-order valence-corrected chi connectivity index (χ1v) is 8.63. The Kier molecular flexibility index (Phi) is 14.2. The highest BCUT2D eigenvalue weighted by atomic mass is 127. The van der Waals surface area contributed by atoms with Crippen molar-refractivity contribution in [2.75, 3.05) is 33.4 Å². The second kappa shape index (κ2) is 13.4. The molecule has 0 atom stereocenters. The molecule has 0 fully saturated rings. The Labute approximate surface area is 170 Å². The highest BCUT2D eigenvalue weighted by molar-refractivity contribution is 14.0. The van der Waals surface area contributed by atoms with Gasteiger partial charge in [-0.2, -0.15) is 0 Å². The standard InChI is InChI=1S/C17H36N4O3.HI/c1-8-23-12-10-9-11-19-14(18-7)20-13-17(5,6)21-15(22)24-16(2,3)4;/h8-13H2,1-7H3,(H,21,22)(H2,18,19,20);1H. The number of aliphatic imine (C=N–C) groups is 1. The predicted molar refractivity (Wildman–Crippen MR) is 114 cm³/mol. The van der Waals surface area contributed by atoms with Crippen LogP contribution in [0.15, 0.2) is 4.99 Å². The summed E-state index contributed by atoms with van der Waals surface area (Å²) >= 11 is 0. The van der Waals surface area contributed by atoms with Gasteiger partial charge in [-0.05, 0) is 54.4 Å².